The van der Waals surface area contributed by atoms with Crippen LogP contribution >= 0.6 is 0 Å². The van der Waals surface area contributed by atoms with Crippen molar-refractivity contribution in [2.45, 2.75) is 130 Å². The second kappa shape index (κ2) is 21.7. The normalized spacial score (nSPS) is 14.7. The zero-order valence-electron chi connectivity index (χ0n) is 42.1. The number of methoxy groups -OCH3 is 2. The van der Waals surface area contributed by atoms with Crippen molar-refractivity contribution in [3.8, 4) is 17.5 Å². The van der Waals surface area contributed by atoms with E-state index >= 15 is 0 Å². The van der Waals surface area contributed by atoms with Crippen LogP contribution in [0, 0.1) is 12.8 Å². The monoisotopic (exact) mass is 939 g/mol. The van der Waals surface area contributed by atoms with Gasteiger partial charge in [0.2, 0.25) is 0 Å². The number of nitrogens with zero attached hydrogens (tertiary/aromatic N) is 8. The third-order valence-corrected chi connectivity index (χ3v) is 17.4. The third-order valence-electron chi connectivity index (χ3n) is 12.9. The molecule has 2 unspecified atom stereocenters. The van der Waals surface area contributed by atoms with Gasteiger partial charge in [-0.1, -0.05) is 58.4 Å². The first-order chi connectivity index (χ1) is 31.7. The molecule has 16 heteroatoms. The van der Waals surface area contributed by atoms with Crippen LogP contribution in [0.1, 0.15) is 108 Å². The lowest BCUT2D eigenvalue weighted by molar-refractivity contribution is 0.0266. The molecule has 2 aromatic carbocycles. The average molecular weight is 939 g/mol. The molecule has 0 aliphatic carbocycles. The Morgan fingerprint density at radius 2 is 1.51 bits per heavy atom. The average Bonchev–Trinajstić information content (AvgIpc) is 3.71. The highest BCUT2D eigenvalue weighted by Crippen LogP contribution is 2.37. The standard InChI is InChI=1S/C51H74N8O7Si/c1-14-15-42(34-64-67(12,13)51(6,7)8)65-48-54-47(58(32-36-16-20-40(62-10)21-17-36)33-37-18-22-41(63-11)23-19-37)46-53-30-43(59(46)55-48)44(60)39-28-35(2)45(52-29-39)57-26-24-38(25-27-57)31-56(9)49(61)66-50(3,4)5/h16-23,28-30,38,42,44,60H,14-15,24-27,31-34H2,1-13H3. The number of carbonyl (C=O) groups is 1. The molecule has 67 heavy (non-hydrogen) atoms. The van der Waals surface area contributed by atoms with E-state index in [1.54, 1.807) is 43.1 Å². The van der Waals surface area contributed by atoms with Crippen molar-refractivity contribution in [2.24, 2.45) is 5.92 Å². The molecule has 2 atom stereocenters. The minimum Gasteiger partial charge on any atom is -0.497 e. The van der Waals surface area contributed by atoms with Crippen LogP contribution in [0.3, 0.4) is 0 Å². The summed E-state index contributed by atoms with van der Waals surface area (Å²) in [5, 5.41) is 17.2. The number of carbonyl (C=O) groups excluding carboxylic acids is 1. The molecule has 0 radical (unpaired) electrons. The van der Waals surface area contributed by atoms with Crippen molar-refractivity contribution >= 4 is 31.7 Å². The van der Waals surface area contributed by atoms with Gasteiger partial charge in [-0.15, -0.1) is 5.10 Å². The van der Waals surface area contributed by atoms with E-state index in [0.717, 1.165) is 72.8 Å². The Bertz CT molecular complexity index is 2340. The zero-order chi connectivity index (χ0) is 48.7. The molecule has 1 aliphatic rings. The number of anilines is 2. The third kappa shape index (κ3) is 13.2. The summed E-state index contributed by atoms with van der Waals surface area (Å²) in [6.07, 6.45) is 5.12. The molecule has 364 valence electrons. The Balaban J connectivity index is 1.33. The molecule has 1 fully saturated rings. The van der Waals surface area contributed by atoms with Crippen LogP contribution in [0.15, 0.2) is 67.0 Å². The number of fused-ring (bicyclic) bond motifs is 1. The molecule has 0 spiro atoms. The number of amides is 1. The fraction of sp³-hybridized carbons (Fsp3) is 0.549. The highest BCUT2D eigenvalue weighted by Gasteiger charge is 2.38. The number of aryl methyl sites for hydroxylation is 1. The topological polar surface area (TPSA) is 149 Å². The minimum atomic E-state index is -2.10. The highest BCUT2D eigenvalue weighted by molar-refractivity contribution is 6.74. The number of pyridine rings is 1. The first-order valence-electron chi connectivity index (χ1n) is 23.6. The number of hydrogen-bond donors (Lipinski definition) is 1. The summed E-state index contributed by atoms with van der Waals surface area (Å²) in [6.45, 7) is 24.6. The number of aliphatic hydroxyl groups excluding tert-OH is 1. The molecule has 1 aliphatic heterocycles. The van der Waals surface area contributed by atoms with Gasteiger partial charge in [-0.25, -0.2) is 19.3 Å². The number of hydrogen-bond acceptors (Lipinski definition) is 13. The maximum absolute atomic E-state index is 12.6. The SMILES string of the molecule is CCCC(CO[Si](C)(C)C(C)(C)C)Oc1nc(N(Cc2ccc(OC)cc2)Cc2ccc(OC)cc2)c2ncc(C(O)c3cnc(N4CCC(CN(C)C(=O)OC(C)(C)C)CC4)c(C)c3)n2n1. The molecular weight excluding hydrogens is 865 g/mol. The number of ether oxygens (including phenoxy) is 4. The molecule has 4 heterocycles. The number of benzene rings is 2. The predicted molar refractivity (Wildman–Crippen MR) is 266 cm³/mol. The van der Waals surface area contributed by atoms with Gasteiger partial charge in [-0.05, 0) is 118 Å². The summed E-state index contributed by atoms with van der Waals surface area (Å²) in [7, 11) is 3.02. The van der Waals surface area contributed by atoms with E-state index in [1.807, 2.05) is 82.3 Å². The molecule has 1 N–H and O–H groups in total. The van der Waals surface area contributed by atoms with Crippen LogP contribution in [0.4, 0.5) is 16.4 Å². The number of aromatic nitrogens is 5. The van der Waals surface area contributed by atoms with E-state index in [1.165, 1.54) is 0 Å². The molecule has 0 saturated carbocycles. The van der Waals surface area contributed by atoms with Crippen molar-refractivity contribution in [1.29, 1.82) is 0 Å². The van der Waals surface area contributed by atoms with Gasteiger partial charge in [0.15, 0.2) is 19.8 Å². The van der Waals surface area contributed by atoms with Crippen molar-refractivity contribution in [3.05, 3.63) is 94.9 Å². The summed E-state index contributed by atoms with van der Waals surface area (Å²) in [5.74, 6) is 3.31. The summed E-state index contributed by atoms with van der Waals surface area (Å²) < 4.78 is 31.6. The lowest BCUT2D eigenvalue weighted by Crippen LogP contribution is -2.43. The second-order valence-corrected chi connectivity index (χ2v) is 25.2. The molecule has 6 rings (SSSR count). The van der Waals surface area contributed by atoms with Crippen molar-refractivity contribution in [2.75, 3.05) is 57.3 Å². The number of rotatable bonds is 19. The van der Waals surface area contributed by atoms with E-state index in [2.05, 4.69) is 50.6 Å². The van der Waals surface area contributed by atoms with Gasteiger partial charge in [-0.3, -0.25) is 0 Å². The molecule has 15 nitrogen and oxygen atoms in total. The maximum Gasteiger partial charge on any atom is 0.410 e. The quantitative estimate of drug-likeness (QED) is 0.0784. The summed E-state index contributed by atoms with van der Waals surface area (Å²) >= 11 is 0. The van der Waals surface area contributed by atoms with E-state index < -0.39 is 20.0 Å². The van der Waals surface area contributed by atoms with Crippen LogP contribution in [0.2, 0.25) is 18.1 Å². The van der Waals surface area contributed by atoms with Crippen LogP contribution < -0.4 is 24.0 Å². The number of imidazole rings is 1. The van der Waals surface area contributed by atoms with Crippen LogP contribution in [-0.2, 0) is 22.3 Å². The Hall–Kier alpha value is -5.45. The van der Waals surface area contributed by atoms with Crippen molar-refractivity contribution < 1.29 is 33.3 Å². The smallest absolute Gasteiger partial charge is 0.410 e. The second-order valence-electron chi connectivity index (χ2n) is 20.4. The molecule has 0 bridgehead atoms. The van der Waals surface area contributed by atoms with Crippen LogP contribution in [0.5, 0.6) is 17.5 Å². The van der Waals surface area contributed by atoms with Crippen LogP contribution in [0.25, 0.3) is 5.65 Å². The van der Waals surface area contributed by atoms with Crippen molar-refractivity contribution in [1.82, 2.24) is 29.5 Å². The lowest BCUT2D eigenvalue weighted by atomic mass is 9.96. The molecule has 3 aromatic heterocycles. The summed E-state index contributed by atoms with van der Waals surface area (Å²) in [5.41, 5.74) is 4.01. The van der Waals surface area contributed by atoms with E-state index in [9.17, 15) is 9.90 Å². The van der Waals surface area contributed by atoms with Gasteiger partial charge in [0.25, 0.3) is 0 Å². The van der Waals surface area contributed by atoms with Gasteiger partial charge in [0.05, 0.1) is 32.7 Å². The molecule has 5 aromatic rings. The molecule has 1 amide bonds. The van der Waals surface area contributed by atoms with Crippen LogP contribution in [-0.4, -0.2) is 108 Å². The fourth-order valence-corrected chi connectivity index (χ4v) is 8.99. The van der Waals surface area contributed by atoms with Gasteiger partial charge in [0, 0.05) is 51.5 Å². The van der Waals surface area contributed by atoms with Gasteiger partial charge in [-0.2, -0.15) is 4.98 Å². The van der Waals surface area contributed by atoms with E-state index in [0.29, 0.717) is 54.9 Å². The maximum atomic E-state index is 12.6. The number of aliphatic hydroxyl groups is 1. The fourth-order valence-electron chi connectivity index (χ4n) is 7.96. The number of piperidine rings is 1. The van der Waals surface area contributed by atoms with Gasteiger partial charge >= 0.3 is 12.1 Å². The van der Waals surface area contributed by atoms with Gasteiger partial charge in [0.1, 0.15) is 35.1 Å². The van der Waals surface area contributed by atoms with Gasteiger partial charge < -0.3 is 43.2 Å². The Kier molecular flexibility index (Phi) is 16.5. The Morgan fingerprint density at radius 1 is 0.910 bits per heavy atom. The van der Waals surface area contributed by atoms with E-state index in [-0.39, 0.29) is 23.2 Å². The summed E-state index contributed by atoms with van der Waals surface area (Å²) in [6, 6.07) is 18.1. The molecular formula is C51H74N8O7Si. The molecule has 1 saturated heterocycles. The first-order valence-corrected chi connectivity index (χ1v) is 26.5. The largest absolute Gasteiger partial charge is 0.497 e. The van der Waals surface area contributed by atoms with E-state index in [4.69, 9.17) is 43.4 Å². The Morgan fingerprint density at radius 3 is 2.03 bits per heavy atom. The minimum absolute atomic E-state index is 0.0294. The summed E-state index contributed by atoms with van der Waals surface area (Å²) in [4.78, 5) is 33.7. The van der Waals surface area contributed by atoms with Crippen molar-refractivity contribution in [3.63, 3.8) is 0 Å². The first kappa shape index (κ1) is 50.9. The lowest BCUT2D eigenvalue weighted by Gasteiger charge is -2.37. The zero-order valence-corrected chi connectivity index (χ0v) is 43.1. The predicted octanol–water partition coefficient (Wildman–Crippen LogP) is 9.79. The highest BCUT2D eigenvalue weighted by atomic mass is 28.4. The Labute approximate surface area is 398 Å².